The molecule has 1 aliphatic heterocycles. The Hall–Kier alpha value is -2.11. The van der Waals surface area contributed by atoms with E-state index in [-0.39, 0.29) is 22.3 Å². The minimum absolute atomic E-state index is 0.137. The number of carbonyl (C=O) groups excluding carboxylic acids is 2. The lowest BCUT2D eigenvalue weighted by Gasteiger charge is -2.19. The van der Waals surface area contributed by atoms with Crippen LogP contribution in [0, 0.1) is 0 Å². The minimum atomic E-state index is -0.445. The lowest BCUT2D eigenvalue weighted by atomic mass is 10.2. The number of pyridine rings is 1. The van der Waals surface area contributed by atoms with Crippen molar-refractivity contribution in [1.29, 1.82) is 0 Å². The van der Waals surface area contributed by atoms with E-state index >= 15 is 0 Å². The molecule has 1 fully saturated rings. The van der Waals surface area contributed by atoms with Crippen LogP contribution in [0.1, 0.15) is 46.7 Å². The molecule has 2 amide bonds. The first kappa shape index (κ1) is 18.7. The van der Waals surface area contributed by atoms with Crippen molar-refractivity contribution in [1.82, 2.24) is 9.88 Å². The number of halogens is 2. The summed E-state index contributed by atoms with van der Waals surface area (Å²) in [7, 11) is 0. The number of likely N-dealkylation sites (tertiary alicyclic amines) is 1. The summed E-state index contributed by atoms with van der Waals surface area (Å²) in [5, 5.41) is 3.29. The van der Waals surface area contributed by atoms with E-state index in [1.807, 2.05) is 4.90 Å². The molecule has 1 saturated heterocycles. The molecular weight excluding hydrogens is 373 g/mol. The molecule has 136 valence electrons. The SMILES string of the molecule is O=C(Nc1cccc(Cl)c1Cl)c1cccc(C(=O)N2CCCCCC2)n1. The first-order chi connectivity index (χ1) is 12.6. The van der Waals surface area contributed by atoms with Crippen LogP contribution in [0.25, 0.3) is 0 Å². The molecule has 0 atom stereocenters. The lowest BCUT2D eigenvalue weighted by Crippen LogP contribution is -2.32. The maximum Gasteiger partial charge on any atom is 0.274 e. The fourth-order valence-electron chi connectivity index (χ4n) is 2.90. The first-order valence-electron chi connectivity index (χ1n) is 8.58. The predicted molar refractivity (Wildman–Crippen MR) is 103 cm³/mol. The van der Waals surface area contributed by atoms with Crippen molar-refractivity contribution in [2.24, 2.45) is 0 Å². The zero-order chi connectivity index (χ0) is 18.5. The van der Waals surface area contributed by atoms with Crippen LogP contribution in [0.3, 0.4) is 0 Å². The van der Waals surface area contributed by atoms with Crippen LogP contribution < -0.4 is 5.32 Å². The highest BCUT2D eigenvalue weighted by Gasteiger charge is 2.20. The number of hydrogen-bond acceptors (Lipinski definition) is 3. The van der Waals surface area contributed by atoms with Crippen molar-refractivity contribution < 1.29 is 9.59 Å². The number of hydrogen-bond donors (Lipinski definition) is 1. The highest BCUT2D eigenvalue weighted by atomic mass is 35.5. The van der Waals surface area contributed by atoms with Gasteiger partial charge in [0.15, 0.2) is 0 Å². The lowest BCUT2D eigenvalue weighted by molar-refractivity contribution is 0.0755. The number of rotatable bonds is 3. The highest BCUT2D eigenvalue weighted by Crippen LogP contribution is 2.29. The number of carbonyl (C=O) groups is 2. The molecule has 3 rings (SSSR count). The van der Waals surface area contributed by atoms with Gasteiger partial charge in [-0.05, 0) is 37.1 Å². The highest BCUT2D eigenvalue weighted by molar-refractivity contribution is 6.44. The summed E-state index contributed by atoms with van der Waals surface area (Å²) >= 11 is 12.1. The standard InChI is InChI=1S/C19H19Cl2N3O2/c20-13-7-5-8-14(17(13)21)23-18(25)15-9-6-10-16(22-15)19(26)24-11-3-1-2-4-12-24/h5-10H,1-4,11-12H2,(H,23,25). The molecule has 0 saturated carbocycles. The molecule has 0 bridgehead atoms. The van der Waals surface area contributed by atoms with Gasteiger partial charge in [0.1, 0.15) is 11.4 Å². The Morgan fingerprint density at radius 3 is 2.31 bits per heavy atom. The molecule has 26 heavy (non-hydrogen) atoms. The second-order valence-electron chi connectivity index (χ2n) is 6.17. The fraction of sp³-hybridized carbons (Fsp3) is 0.316. The van der Waals surface area contributed by atoms with Crippen LogP contribution in [0.15, 0.2) is 36.4 Å². The molecule has 0 unspecified atom stereocenters. The zero-order valence-corrected chi connectivity index (χ0v) is 15.7. The Labute approximate surface area is 162 Å². The van der Waals surface area contributed by atoms with Crippen LogP contribution in [0.2, 0.25) is 10.0 Å². The second-order valence-corrected chi connectivity index (χ2v) is 6.96. The number of aromatic nitrogens is 1. The third-order valence-corrected chi connectivity index (χ3v) is 5.11. The van der Waals surface area contributed by atoms with Crippen LogP contribution in [-0.4, -0.2) is 34.8 Å². The van der Waals surface area contributed by atoms with Crippen molar-refractivity contribution in [3.63, 3.8) is 0 Å². The van der Waals surface area contributed by atoms with Gasteiger partial charge in [0.2, 0.25) is 0 Å². The van der Waals surface area contributed by atoms with Crippen LogP contribution in [-0.2, 0) is 0 Å². The van der Waals surface area contributed by atoms with Crippen molar-refractivity contribution in [3.05, 3.63) is 57.8 Å². The molecule has 0 spiro atoms. The van der Waals surface area contributed by atoms with Crippen molar-refractivity contribution in [3.8, 4) is 0 Å². The van der Waals surface area contributed by atoms with Gasteiger partial charge in [-0.15, -0.1) is 0 Å². The van der Waals surface area contributed by atoms with E-state index in [0.717, 1.165) is 38.8 Å². The quantitative estimate of drug-likeness (QED) is 0.827. The van der Waals surface area contributed by atoms with Crippen molar-refractivity contribution in [2.45, 2.75) is 25.7 Å². The average molecular weight is 392 g/mol. The van der Waals surface area contributed by atoms with Crippen LogP contribution in [0.4, 0.5) is 5.69 Å². The molecule has 7 heteroatoms. The monoisotopic (exact) mass is 391 g/mol. The Balaban J connectivity index is 1.76. The Bertz CT molecular complexity index is 818. The molecular formula is C19H19Cl2N3O2. The van der Waals surface area contributed by atoms with Gasteiger partial charge < -0.3 is 10.2 Å². The Morgan fingerprint density at radius 2 is 1.58 bits per heavy atom. The summed E-state index contributed by atoms with van der Waals surface area (Å²) in [6, 6.07) is 9.84. The molecule has 1 aromatic heterocycles. The summed E-state index contributed by atoms with van der Waals surface area (Å²) in [5.74, 6) is -0.581. The molecule has 2 aromatic rings. The third kappa shape index (κ3) is 4.34. The molecule has 0 radical (unpaired) electrons. The van der Waals surface area contributed by atoms with Gasteiger partial charge in [-0.2, -0.15) is 0 Å². The minimum Gasteiger partial charge on any atom is -0.337 e. The number of amides is 2. The molecule has 5 nitrogen and oxygen atoms in total. The van der Waals surface area contributed by atoms with Crippen molar-refractivity contribution >= 4 is 40.7 Å². The molecule has 1 N–H and O–H groups in total. The van der Waals surface area contributed by atoms with E-state index in [4.69, 9.17) is 23.2 Å². The molecule has 0 aliphatic carbocycles. The number of nitrogens with zero attached hydrogens (tertiary/aromatic N) is 2. The van der Waals surface area contributed by atoms with Crippen molar-refractivity contribution in [2.75, 3.05) is 18.4 Å². The van der Waals surface area contributed by atoms with E-state index in [9.17, 15) is 9.59 Å². The van der Waals surface area contributed by atoms with Gasteiger partial charge >= 0.3 is 0 Å². The van der Waals surface area contributed by atoms with Gasteiger partial charge in [-0.25, -0.2) is 4.98 Å². The second kappa shape index (κ2) is 8.52. The Morgan fingerprint density at radius 1 is 0.923 bits per heavy atom. The summed E-state index contributed by atoms with van der Waals surface area (Å²) in [6.07, 6.45) is 4.28. The topological polar surface area (TPSA) is 62.3 Å². The van der Waals surface area contributed by atoms with Gasteiger partial charge in [0.05, 0.1) is 15.7 Å². The summed E-state index contributed by atoms with van der Waals surface area (Å²) in [4.78, 5) is 31.2. The number of anilines is 1. The fourth-order valence-corrected chi connectivity index (χ4v) is 3.25. The van der Waals surface area contributed by atoms with Gasteiger partial charge in [-0.3, -0.25) is 9.59 Å². The smallest absolute Gasteiger partial charge is 0.274 e. The number of benzene rings is 1. The molecule has 1 aromatic carbocycles. The van der Waals surface area contributed by atoms with Gasteiger partial charge in [0, 0.05) is 13.1 Å². The average Bonchev–Trinajstić information content (AvgIpc) is 2.94. The number of nitrogens with one attached hydrogen (secondary N) is 1. The van der Waals surface area contributed by atoms with E-state index in [1.165, 1.54) is 0 Å². The molecule has 2 heterocycles. The third-order valence-electron chi connectivity index (χ3n) is 4.29. The van der Waals surface area contributed by atoms with E-state index < -0.39 is 5.91 Å². The maximum absolute atomic E-state index is 12.7. The predicted octanol–water partition coefficient (Wildman–Crippen LogP) is 4.66. The van der Waals surface area contributed by atoms with Gasteiger partial charge in [-0.1, -0.05) is 48.2 Å². The van der Waals surface area contributed by atoms with Crippen LogP contribution in [0.5, 0.6) is 0 Å². The summed E-state index contributed by atoms with van der Waals surface area (Å²) < 4.78 is 0. The van der Waals surface area contributed by atoms with Crippen LogP contribution >= 0.6 is 23.2 Å². The van der Waals surface area contributed by atoms with E-state index in [1.54, 1.807) is 36.4 Å². The van der Waals surface area contributed by atoms with Gasteiger partial charge in [0.25, 0.3) is 11.8 Å². The molecule has 1 aliphatic rings. The first-order valence-corrected chi connectivity index (χ1v) is 9.33. The van der Waals surface area contributed by atoms with E-state index in [0.29, 0.717) is 10.7 Å². The largest absolute Gasteiger partial charge is 0.337 e. The van der Waals surface area contributed by atoms with E-state index in [2.05, 4.69) is 10.3 Å². The summed E-state index contributed by atoms with van der Waals surface area (Å²) in [5.41, 5.74) is 0.827. The summed E-state index contributed by atoms with van der Waals surface area (Å²) in [6.45, 7) is 1.46. The zero-order valence-electron chi connectivity index (χ0n) is 14.2. The normalized spacial score (nSPS) is 14.6. The Kier molecular flexibility index (Phi) is 6.12. The maximum atomic E-state index is 12.7.